The third-order valence-electron chi connectivity index (χ3n) is 0.939. The van der Waals surface area contributed by atoms with E-state index in [0.29, 0.717) is 4.88 Å². The number of hydrogen-bond acceptors (Lipinski definition) is 4. The highest BCUT2D eigenvalue weighted by atomic mass is 32.1. The Balaban J connectivity index is 0.000000310. The molecule has 0 unspecified atom stereocenters. The van der Waals surface area contributed by atoms with Crippen LogP contribution in [0.4, 0.5) is 0 Å². The number of carbonyl (C=O) groups excluding carboxylic acids is 1. The van der Waals surface area contributed by atoms with Gasteiger partial charge in [-0.05, 0) is 19.1 Å². The Morgan fingerprint density at radius 3 is 1.92 bits per heavy atom. The van der Waals surface area contributed by atoms with Gasteiger partial charge in [-0.2, -0.15) is 0 Å². The first-order valence-electron chi connectivity index (χ1n) is 3.42. The first kappa shape index (κ1) is 11.6. The van der Waals surface area contributed by atoms with Crippen molar-refractivity contribution in [2.24, 2.45) is 0 Å². The van der Waals surface area contributed by atoms with E-state index in [4.69, 9.17) is 15.0 Å². The smallest absolute Gasteiger partial charge is 0.300 e. The van der Waals surface area contributed by atoms with Crippen LogP contribution in [0.1, 0.15) is 23.5 Å². The van der Waals surface area contributed by atoms with Crippen LogP contribution in [-0.4, -0.2) is 22.0 Å². The van der Waals surface area contributed by atoms with Gasteiger partial charge in [0.05, 0.1) is 4.88 Å². The Labute approximate surface area is 79.4 Å². The van der Waals surface area contributed by atoms with Crippen molar-refractivity contribution in [3.05, 3.63) is 17.0 Å². The van der Waals surface area contributed by atoms with E-state index in [9.17, 15) is 4.79 Å². The van der Waals surface area contributed by atoms with E-state index in [1.165, 1.54) is 13.0 Å². The summed E-state index contributed by atoms with van der Waals surface area (Å²) < 4.78 is 0. The molecule has 1 aromatic rings. The van der Waals surface area contributed by atoms with Crippen LogP contribution in [-0.2, 0) is 4.79 Å². The molecule has 5 heteroatoms. The number of carboxylic acid groups (broad SMARTS) is 1. The Morgan fingerprint density at radius 1 is 1.31 bits per heavy atom. The van der Waals surface area contributed by atoms with Gasteiger partial charge >= 0.3 is 0 Å². The number of aromatic hydroxyl groups is 1. The van der Waals surface area contributed by atoms with Crippen LogP contribution in [0.3, 0.4) is 0 Å². The number of ketones is 1. The number of hydrogen-bond donors (Lipinski definition) is 2. The maximum Gasteiger partial charge on any atom is 0.300 e. The van der Waals surface area contributed by atoms with Crippen molar-refractivity contribution in [2.45, 2.75) is 13.8 Å². The molecule has 0 saturated heterocycles. The minimum Gasteiger partial charge on any atom is -0.499 e. The molecule has 0 aliphatic carbocycles. The molecule has 0 saturated carbocycles. The molecule has 1 aromatic heterocycles. The molecule has 0 amide bonds. The summed E-state index contributed by atoms with van der Waals surface area (Å²) in [4.78, 5) is 20.2. The molecule has 0 aromatic carbocycles. The summed E-state index contributed by atoms with van der Waals surface area (Å²) in [5.74, 6) is -0.833. The standard InChI is InChI=1S/C6H6O2S.C2H4O2/c1-4(7)5-2-3-6(8)9-5;1-2(3)4/h2-3,8H,1H3;1H3,(H,3,4). The quantitative estimate of drug-likeness (QED) is 0.680. The van der Waals surface area contributed by atoms with Crippen LogP contribution in [0, 0.1) is 0 Å². The molecular weight excluding hydrogens is 192 g/mol. The number of thiophene rings is 1. The lowest BCUT2D eigenvalue weighted by molar-refractivity contribution is -0.134. The van der Waals surface area contributed by atoms with Gasteiger partial charge in [0.1, 0.15) is 0 Å². The maximum atomic E-state index is 10.6. The fraction of sp³-hybridized carbons (Fsp3) is 0.250. The molecule has 0 spiro atoms. The van der Waals surface area contributed by atoms with Crippen LogP contribution in [0.15, 0.2) is 12.1 Å². The lowest BCUT2D eigenvalue weighted by Crippen LogP contribution is -1.83. The monoisotopic (exact) mass is 202 g/mol. The zero-order chi connectivity index (χ0) is 10.4. The van der Waals surface area contributed by atoms with Gasteiger partial charge in [-0.1, -0.05) is 11.3 Å². The van der Waals surface area contributed by atoms with Crippen LogP contribution < -0.4 is 0 Å². The van der Waals surface area contributed by atoms with E-state index >= 15 is 0 Å². The topological polar surface area (TPSA) is 74.6 Å². The second-order valence-electron chi connectivity index (χ2n) is 2.21. The average molecular weight is 202 g/mol. The minimum atomic E-state index is -0.833. The zero-order valence-electron chi connectivity index (χ0n) is 7.27. The van der Waals surface area contributed by atoms with Gasteiger partial charge in [-0.15, -0.1) is 0 Å². The Morgan fingerprint density at radius 2 is 1.77 bits per heavy atom. The average Bonchev–Trinajstić information content (AvgIpc) is 2.34. The van der Waals surface area contributed by atoms with E-state index in [0.717, 1.165) is 18.3 Å². The molecule has 2 N–H and O–H groups in total. The molecule has 0 fully saturated rings. The lowest BCUT2D eigenvalue weighted by atomic mass is 10.4. The Kier molecular flexibility index (Phi) is 4.76. The molecule has 0 bridgehead atoms. The highest BCUT2D eigenvalue weighted by Gasteiger charge is 2.00. The van der Waals surface area contributed by atoms with E-state index in [1.807, 2.05) is 0 Å². The highest BCUT2D eigenvalue weighted by Crippen LogP contribution is 2.22. The number of carbonyl (C=O) groups is 2. The summed E-state index contributed by atoms with van der Waals surface area (Å²) in [7, 11) is 0. The van der Waals surface area contributed by atoms with Crippen LogP contribution in [0.25, 0.3) is 0 Å². The van der Waals surface area contributed by atoms with Gasteiger partial charge in [-0.25, -0.2) is 0 Å². The molecular formula is C8H10O4S. The SMILES string of the molecule is CC(=O)O.CC(=O)c1ccc(O)s1. The largest absolute Gasteiger partial charge is 0.499 e. The van der Waals surface area contributed by atoms with Crippen molar-refractivity contribution < 1.29 is 19.8 Å². The number of rotatable bonds is 1. The summed E-state index contributed by atoms with van der Waals surface area (Å²) in [6, 6.07) is 3.13. The fourth-order valence-electron chi connectivity index (χ4n) is 0.517. The summed E-state index contributed by atoms with van der Waals surface area (Å²) in [6.45, 7) is 2.56. The molecule has 4 nitrogen and oxygen atoms in total. The summed E-state index contributed by atoms with van der Waals surface area (Å²) in [5.41, 5.74) is 0. The first-order valence-corrected chi connectivity index (χ1v) is 4.24. The Hall–Kier alpha value is -1.36. The number of Topliss-reactive ketones (excluding diaryl/α,β-unsaturated/α-hetero) is 1. The Bertz CT molecular complexity index is 299. The van der Waals surface area contributed by atoms with E-state index < -0.39 is 5.97 Å². The minimum absolute atomic E-state index is 0.000278. The number of carboxylic acids is 1. The normalized spacial score (nSPS) is 8.46. The molecule has 1 rings (SSSR count). The maximum absolute atomic E-state index is 10.6. The summed E-state index contributed by atoms with van der Waals surface area (Å²) in [5, 5.41) is 16.4. The summed E-state index contributed by atoms with van der Waals surface area (Å²) >= 11 is 1.10. The molecule has 0 atom stereocenters. The van der Waals surface area contributed by atoms with Crippen molar-refractivity contribution in [1.29, 1.82) is 0 Å². The molecule has 0 aliphatic heterocycles. The molecule has 13 heavy (non-hydrogen) atoms. The second kappa shape index (κ2) is 5.31. The predicted molar refractivity (Wildman–Crippen MR) is 49.3 cm³/mol. The molecule has 0 radical (unpaired) electrons. The van der Waals surface area contributed by atoms with Gasteiger partial charge in [-0.3, -0.25) is 9.59 Å². The van der Waals surface area contributed by atoms with Gasteiger partial charge in [0.15, 0.2) is 10.8 Å². The van der Waals surface area contributed by atoms with Crippen molar-refractivity contribution in [3.63, 3.8) is 0 Å². The van der Waals surface area contributed by atoms with Crippen molar-refractivity contribution >= 4 is 23.1 Å². The first-order chi connectivity index (χ1) is 5.93. The van der Waals surface area contributed by atoms with E-state index in [2.05, 4.69) is 0 Å². The van der Waals surface area contributed by atoms with Gasteiger partial charge in [0, 0.05) is 6.92 Å². The van der Waals surface area contributed by atoms with Gasteiger partial charge in [0.25, 0.3) is 5.97 Å². The fourth-order valence-corrected chi connectivity index (χ4v) is 1.16. The van der Waals surface area contributed by atoms with Gasteiger partial charge in [0.2, 0.25) is 0 Å². The molecule has 0 aliphatic rings. The third-order valence-corrected chi connectivity index (χ3v) is 1.93. The van der Waals surface area contributed by atoms with E-state index in [1.54, 1.807) is 6.07 Å². The highest BCUT2D eigenvalue weighted by molar-refractivity contribution is 7.15. The summed E-state index contributed by atoms with van der Waals surface area (Å²) in [6.07, 6.45) is 0. The van der Waals surface area contributed by atoms with Crippen molar-refractivity contribution in [3.8, 4) is 5.06 Å². The van der Waals surface area contributed by atoms with Crippen LogP contribution in [0.2, 0.25) is 0 Å². The van der Waals surface area contributed by atoms with E-state index in [-0.39, 0.29) is 10.8 Å². The van der Waals surface area contributed by atoms with Crippen molar-refractivity contribution in [1.82, 2.24) is 0 Å². The van der Waals surface area contributed by atoms with Gasteiger partial charge < -0.3 is 10.2 Å². The van der Waals surface area contributed by atoms with Crippen LogP contribution >= 0.6 is 11.3 Å². The second-order valence-corrected chi connectivity index (χ2v) is 3.28. The van der Waals surface area contributed by atoms with Crippen LogP contribution in [0.5, 0.6) is 5.06 Å². The lowest BCUT2D eigenvalue weighted by Gasteiger charge is -1.80. The zero-order valence-corrected chi connectivity index (χ0v) is 8.09. The molecule has 72 valence electrons. The van der Waals surface area contributed by atoms with Crippen molar-refractivity contribution in [2.75, 3.05) is 0 Å². The molecule has 1 heterocycles. The number of aliphatic carboxylic acids is 1. The predicted octanol–water partition coefficient (Wildman–Crippen LogP) is 1.75. The third kappa shape index (κ3) is 5.86.